The van der Waals surface area contributed by atoms with Gasteiger partial charge in [-0.25, -0.2) is 0 Å². The number of nitrogens with two attached hydrogens (primary N) is 1. The van der Waals surface area contributed by atoms with Crippen LogP contribution in [0.1, 0.15) is 35.9 Å². The van der Waals surface area contributed by atoms with Crippen molar-refractivity contribution in [2.24, 2.45) is 5.73 Å². The van der Waals surface area contributed by atoms with E-state index < -0.39 is 6.04 Å². The van der Waals surface area contributed by atoms with Crippen molar-refractivity contribution in [2.75, 3.05) is 5.32 Å². The Kier molecular flexibility index (Phi) is 3.97. The van der Waals surface area contributed by atoms with Gasteiger partial charge in [-0.15, -0.1) is 0 Å². The van der Waals surface area contributed by atoms with Crippen LogP contribution in [0.15, 0.2) is 53.0 Å². The normalized spacial score (nSPS) is 15.5. The monoisotopic (exact) mass is 344 g/mol. The van der Waals surface area contributed by atoms with Gasteiger partial charge in [-0.05, 0) is 54.2 Å². The fraction of sp³-hybridized carbons (Fsp3) is 0.235. The number of primary amides is 1. The maximum Gasteiger partial charge on any atom is 0.244 e. The van der Waals surface area contributed by atoms with Crippen LogP contribution in [0.4, 0.5) is 5.69 Å². The van der Waals surface area contributed by atoms with Gasteiger partial charge in [0.2, 0.25) is 5.91 Å². The van der Waals surface area contributed by atoms with E-state index in [0.717, 1.165) is 15.7 Å². The maximum atomic E-state index is 11.9. The van der Waals surface area contributed by atoms with E-state index in [-0.39, 0.29) is 5.91 Å². The second kappa shape index (κ2) is 5.90. The molecule has 3 nitrogen and oxygen atoms in total. The van der Waals surface area contributed by atoms with Gasteiger partial charge in [-0.3, -0.25) is 4.79 Å². The van der Waals surface area contributed by atoms with Crippen LogP contribution in [0.25, 0.3) is 0 Å². The number of hydrogen-bond acceptors (Lipinski definition) is 2. The van der Waals surface area contributed by atoms with Crippen LogP contribution in [0.5, 0.6) is 0 Å². The van der Waals surface area contributed by atoms with Gasteiger partial charge in [-0.2, -0.15) is 0 Å². The van der Waals surface area contributed by atoms with Crippen LogP contribution in [-0.4, -0.2) is 5.91 Å². The van der Waals surface area contributed by atoms with Crippen LogP contribution in [0.2, 0.25) is 0 Å². The molecule has 1 aliphatic rings. The fourth-order valence-electron chi connectivity index (χ4n) is 2.55. The highest BCUT2D eigenvalue weighted by atomic mass is 79.9. The van der Waals surface area contributed by atoms with Crippen molar-refractivity contribution in [3.8, 4) is 0 Å². The third-order valence-corrected chi connectivity index (χ3v) is 4.29. The van der Waals surface area contributed by atoms with Crippen molar-refractivity contribution in [3.63, 3.8) is 0 Å². The largest absolute Gasteiger partial charge is 0.370 e. The highest BCUT2D eigenvalue weighted by Gasteiger charge is 2.29. The van der Waals surface area contributed by atoms with Crippen LogP contribution >= 0.6 is 15.9 Å². The summed E-state index contributed by atoms with van der Waals surface area (Å²) in [5.74, 6) is 0.223. The highest BCUT2D eigenvalue weighted by Crippen LogP contribution is 2.43. The zero-order valence-corrected chi connectivity index (χ0v) is 13.1. The third-order valence-electron chi connectivity index (χ3n) is 3.76. The Hall–Kier alpha value is -1.81. The Labute approximate surface area is 132 Å². The first-order valence-electron chi connectivity index (χ1n) is 7.05. The van der Waals surface area contributed by atoms with E-state index in [1.807, 2.05) is 42.5 Å². The minimum Gasteiger partial charge on any atom is -0.370 e. The molecule has 3 rings (SSSR count). The standard InChI is InChI=1S/C17H17BrN2O/c18-12-7-9-13(10-8-12)20-16(17(19)21)15-4-2-1-3-14(15)11-5-6-11/h1-4,7-11,16,20H,5-6H2,(H2,19,21). The number of carbonyl (C=O) groups is 1. The molecule has 0 spiro atoms. The molecule has 4 heteroatoms. The molecule has 1 fully saturated rings. The van der Waals surface area contributed by atoms with E-state index in [4.69, 9.17) is 5.73 Å². The lowest BCUT2D eigenvalue weighted by Crippen LogP contribution is -2.28. The fourth-order valence-corrected chi connectivity index (χ4v) is 2.82. The first-order chi connectivity index (χ1) is 10.1. The molecule has 0 aromatic heterocycles. The molecule has 1 amide bonds. The molecule has 1 atom stereocenters. The zero-order valence-electron chi connectivity index (χ0n) is 11.6. The van der Waals surface area contributed by atoms with Gasteiger partial charge < -0.3 is 11.1 Å². The van der Waals surface area contributed by atoms with Gasteiger partial charge in [0.05, 0.1) is 0 Å². The molecule has 108 valence electrons. The summed E-state index contributed by atoms with van der Waals surface area (Å²) in [5.41, 5.74) is 8.74. The molecule has 0 bridgehead atoms. The molecular weight excluding hydrogens is 328 g/mol. The summed E-state index contributed by atoms with van der Waals surface area (Å²) in [4.78, 5) is 11.9. The van der Waals surface area contributed by atoms with Gasteiger partial charge in [-0.1, -0.05) is 40.2 Å². The maximum absolute atomic E-state index is 11.9. The Morgan fingerprint density at radius 1 is 1.14 bits per heavy atom. The number of rotatable bonds is 5. The molecule has 0 heterocycles. The van der Waals surface area contributed by atoms with Crippen LogP contribution in [0, 0.1) is 0 Å². The molecule has 0 radical (unpaired) electrons. The Morgan fingerprint density at radius 3 is 2.43 bits per heavy atom. The number of nitrogens with one attached hydrogen (secondary N) is 1. The van der Waals surface area contributed by atoms with E-state index in [1.54, 1.807) is 0 Å². The van der Waals surface area contributed by atoms with Crippen molar-refractivity contribution >= 4 is 27.5 Å². The first kappa shape index (κ1) is 14.1. The summed E-state index contributed by atoms with van der Waals surface area (Å²) in [6.07, 6.45) is 2.39. The molecule has 1 unspecified atom stereocenters. The van der Waals surface area contributed by atoms with Crippen LogP contribution in [-0.2, 0) is 4.79 Å². The minimum atomic E-state index is -0.497. The summed E-state index contributed by atoms with van der Waals surface area (Å²) in [5, 5.41) is 3.25. The van der Waals surface area contributed by atoms with Crippen molar-refractivity contribution in [2.45, 2.75) is 24.8 Å². The molecular formula is C17H17BrN2O. The quantitative estimate of drug-likeness (QED) is 0.862. The topological polar surface area (TPSA) is 55.1 Å². The lowest BCUT2D eigenvalue weighted by Gasteiger charge is -2.20. The summed E-state index contributed by atoms with van der Waals surface area (Å²) < 4.78 is 1.00. The smallest absolute Gasteiger partial charge is 0.244 e. The molecule has 1 aliphatic carbocycles. The average molecular weight is 345 g/mol. The highest BCUT2D eigenvalue weighted by molar-refractivity contribution is 9.10. The zero-order chi connectivity index (χ0) is 14.8. The molecule has 1 saturated carbocycles. The van der Waals surface area contributed by atoms with Crippen molar-refractivity contribution in [1.82, 2.24) is 0 Å². The second-order valence-electron chi connectivity index (χ2n) is 5.39. The van der Waals surface area contributed by atoms with Crippen LogP contribution in [0.3, 0.4) is 0 Å². The molecule has 0 saturated heterocycles. The lowest BCUT2D eigenvalue weighted by atomic mass is 9.96. The van der Waals surface area contributed by atoms with E-state index in [9.17, 15) is 4.79 Å². The number of carbonyl (C=O) groups excluding carboxylic acids is 1. The predicted molar refractivity (Wildman–Crippen MR) is 88.1 cm³/mol. The van der Waals surface area contributed by atoms with Crippen molar-refractivity contribution in [3.05, 3.63) is 64.1 Å². The van der Waals surface area contributed by atoms with E-state index in [2.05, 4.69) is 27.3 Å². The Balaban J connectivity index is 1.91. The number of hydrogen-bond donors (Lipinski definition) is 2. The summed E-state index contributed by atoms with van der Waals surface area (Å²) in [6.45, 7) is 0. The Bertz CT molecular complexity index is 650. The van der Waals surface area contributed by atoms with Gasteiger partial charge in [0.15, 0.2) is 0 Å². The summed E-state index contributed by atoms with van der Waals surface area (Å²) >= 11 is 3.41. The molecule has 21 heavy (non-hydrogen) atoms. The average Bonchev–Trinajstić information content (AvgIpc) is 3.31. The predicted octanol–water partition coefficient (Wildman–Crippen LogP) is 3.97. The van der Waals surface area contributed by atoms with Crippen molar-refractivity contribution < 1.29 is 4.79 Å². The van der Waals surface area contributed by atoms with Gasteiger partial charge >= 0.3 is 0 Å². The molecule has 3 N–H and O–H groups in total. The van der Waals surface area contributed by atoms with Crippen LogP contribution < -0.4 is 11.1 Å². The number of benzene rings is 2. The van der Waals surface area contributed by atoms with Gasteiger partial charge in [0, 0.05) is 10.2 Å². The number of halogens is 1. The van der Waals surface area contributed by atoms with E-state index in [0.29, 0.717) is 5.92 Å². The van der Waals surface area contributed by atoms with Crippen molar-refractivity contribution in [1.29, 1.82) is 0 Å². The summed E-state index contributed by atoms with van der Waals surface area (Å²) in [6, 6.07) is 15.3. The second-order valence-corrected chi connectivity index (χ2v) is 6.31. The minimum absolute atomic E-state index is 0.356. The van der Waals surface area contributed by atoms with Gasteiger partial charge in [0.25, 0.3) is 0 Å². The first-order valence-corrected chi connectivity index (χ1v) is 7.84. The number of anilines is 1. The lowest BCUT2D eigenvalue weighted by molar-refractivity contribution is -0.118. The number of amides is 1. The molecule has 0 aliphatic heterocycles. The Morgan fingerprint density at radius 2 is 1.81 bits per heavy atom. The van der Waals surface area contributed by atoms with E-state index in [1.165, 1.54) is 18.4 Å². The van der Waals surface area contributed by atoms with Gasteiger partial charge in [0.1, 0.15) is 6.04 Å². The summed E-state index contributed by atoms with van der Waals surface area (Å²) in [7, 11) is 0. The van der Waals surface area contributed by atoms with E-state index >= 15 is 0 Å². The SMILES string of the molecule is NC(=O)C(Nc1ccc(Br)cc1)c1ccccc1C1CC1. The third kappa shape index (κ3) is 3.27. The molecule has 2 aromatic rings. The molecule has 2 aromatic carbocycles.